The van der Waals surface area contributed by atoms with Crippen molar-refractivity contribution in [1.29, 1.82) is 0 Å². The Kier molecular flexibility index (Phi) is 7.20. The highest BCUT2D eigenvalue weighted by atomic mass is 16.5. The molecule has 0 radical (unpaired) electrons. The van der Waals surface area contributed by atoms with E-state index in [0.29, 0.717) is 5.41 Å². The highest BCUT2D eigenvalue weighted by Crippen LogP contribution is 2.33. The SMILES string of the molecule is COCCNCCCCN1CCC(C(C)(C)C)C1. The molecule has 3 nitrogen and oxygen atoms in total. The minimum absolute atomic E-state index is 0.483. The van der Waals surface area contributed by atoms with Crippen LogP contribution in [0.2, 0.25) is 0 Å². The molecule has 0 aliphatic carbocycles. The summed E-state index contributed by atoms with van der Waals surface area (Å²) in [7, 11) is 1.75. The van der Waals surface area contributed by atoms with Crippen LogP contribution in [0.4, 0.5) is 0 Å². The number of likely N-dealkylation sites (tertiary alicyclic amines) is 1. The van der Waals surface area contributed by atoms with Crippen LogP contribution in [0, 0.1) is 11.3 Å². The maximum Gasteiger partial charge on any atom is 0.0587 e. The van der Waals surface area contributed by atoms with E-state index in [1.54, 1.807) is 7.11 Å². The van der Waals surface area contributed by atoms with Crippen molar-refractivity contribution in [3.8, 4) is 0 Å². The molecule has 1 atom stereocenters. The number of unbranched alkanes of at least 4 members (excludes halogenated alkanes) is 1. The summed E-state index contributed by atoms with van der Waals surface area (Å²) < 4.78 is 5.00. The minimum atomic E-state index is 0.483. The number of rotatable bonds is 8. The van der Waals surface area contributed by atoms with Crippen molar-refractivity contribution >= 4 is 0 Å². The van der Waals surface area contributed by atoms with E-state index in [0.717, 1.165) is 25.6 Å². The Labute approximate surface area is 113 Å². The van der Waals surface area contributed by atoms with Crippen molar-refractivity contribution < 1.29 is 4.74 Å². The van der Waals surface area contributed by atoms with Crippen molar-refractivity contribution in [3.05, 3.63) is 0 Å². The van der Waals surface area contributed by atoms with Gasteiger partial charge in [0.05, 0.1) is 6.61 Å². The van der Waals surface area contributed by atoms with E-state index < -0.39 is 0 Å². The highest BCUT2D eigenvalue weighted by Gasteiger charge is 2.31. The lowest BCUT2D eigenvalue weighted by Gasteiger charge is -2.27. The van der Waals surface area contributed by atoms with Crippen LogP contribution in [0.5, 0.6) is 0 Å². The molecular formula is C15H32N2O. The number of hydrogen-bond acceptors (Lipinski definition) is 3. The molecular weight excluding hydrogens is 224 g/mol. The van der Waals surface area contributed by atoms with Gasteiger partial charge in [0.1, 0.15) is 0 Å². The zero-order valence-corrected chi connectivity index (χ0v) is 12.8. The fraction of sp³-hybridized carbons (Fsp3) is 1.00. The molecule has 0 aromatic rings. The second kappa shape index (κ2) is 8.13. The first-order chi connectivity index (χ1) is 8.54. The zero-order valence-electron chi connectivity index (χ0n) is 12.8. The fourth-order valence-corrected chi connectivity index (χ4v) is 2.63. The summed E-state index contributed by atoms with van der Waals surface area (Å²) in [5, 5.41) is 3.40. The maximum absolute atomic E-state index is 5.00. The lowest BCUT2D eigenvalue weighted by molar-refractivity contribution is 0.199. The molecule has 0 saturated carbocycles. The Morgan fingerprint density at radius 3 is 2.61 bits per heavy atom. The van der Waals surface area contributed by atoms with Gasteiger partial charge in [-0.25, -0.2) is 0 Å². The van der Waals surface area contributed by atoms with Crippen molar-refractivity contribution in [2.45, 2.75) is 40.0 Å². The first kappa shape index (κ1) is 15.9. The van der Waals surface area contributed by atoms with Crippen molar-refractivity contribution in [1.82, 2.24) is 10.2 Å². The fourth-order valence-electron chi connectivity index (χ4n) is 2.63. The van der Waals surface area contributed by atoms with Crippen molar-refractivity contribution in [3.63, 3.8) is 0 Å². The molecule has 0 aromatic heterocycles. The average molecular weight is 256 g/mol. The van der Waals surface area contributed by atoms with Crippen LogP contribution in [0.1, 0.15) is 40.0 Å². The minimum Gasteiger partial charge on any atom is -0.383 e. The highest BCUT2D eigenvalue weighted by molar-refractivity contribution is 4.83. The van der Waals surface area contributed by atoms with Gasteiger partial charge in [0.25, 0.3) is 0 Å². The van der Waals surface area contributed by atoms with E-state index in [1.165, 1.54) is 38.9 Å². The van der Waals surface area contributed by atoms with Gasteiger partial charge in [0.15, 0.2) is 0 Å². The first-order valence-corrected chi connectivity index (χ1v) is 7.46. The molecule has 3 heteroatoms. The summed E-state index contributed by atoms with van der Waals surface area (Å²) in [5.74, 6) is 0.886. The Morgan fingerprint density at radius 2 is 2.00 bits per heavy atom. The molecule has 18 heavy (non-hydrogen) atoms. The number of nitrogens with one attached hydrogen (secondary N) is 1. The molecule has 1 rings (SSSR count). The summed E-state index contributed by atoms with van der Waals surface area (Å²) >= 11 is 0. The van der Waals surface area contributed by atoms with Crippen molar-refractivity contribution in [2.75, 3.05) is 46.4 Å². The number of ether oxygens (including phenoxy) is 1. The van der Waals surface area contributed by atoms with Gasteiger partial charge < -0.3 is 15.0 Å². The van der Waals surface area contributed by atoms with Gasteiger partial charge in [0.2, 0.25) is 0 Å². The van der Waals surface area contributed by atoms with E-state index in [-0.39, 0.29) is 0 Å². The molecule has 1 fully saturated rings. The van der Waals surface area contributed by atoms with Crippen molar-refractivity contribution in [2.24, 2.45) is 11.3 Å². The smallest absolute Gasteiger partial charge is 0.0587 e. The van der Waals surface area contributed by atoms with E-state index in [2.05, 4.69) is 31.0 Å². The summed E-state index contributed by atoms with van der Waals surface area (Å²) in [5.41, 5.74) is 0.483. The van der Waals surface area contributed by atoms with Gasteiger partial charge in [-0.3, -0.25) is 0 Å². The first-order valence-electron chi connectivity index (χ1n) is 7.46. The quantitative estimate of drug-likeness (QED) is 0.675. The maximum atomic E-state index is 5.00. The van der Waals surface area contributed by atoms with Crippen LogP contribution in [-0.4, -0.2) is 51.3 Å². The molecule has 1 aliphatic rings. The Bertz CT molecular complexity index is 213. The van der Waals surface area contributed by atoms with E-state index in [9.17, 15) is 0 Å². The summed E-state index contributed by atoms with van der Waals surface area (Å²) in [6.45, 7) is 13.9. The molecule has 108 valence electrons. The van der Waals surface area contributed by atoms with E-state index >= 15 is 0 Å². The average Bonchev–Trinajstić information content (AvgIpc) is 2.76. The van der Waals surface area contributed by atoms with Gasteiger partial charge in [-0.2, -0.15) is 0 Å². The molecule has 1 saturated heterocycles. The molecule has 0 aromatic carbocycles. The number of nitrogens with zero attached hydrogens (tertiary/aromatic N) is 1. The second-order valence-corrected chi connectivity index (χ2v) is 6.60. The van der Waals surface area contributed by atoms with Crippen LogP contribution in [0.15, 0.2) is 0 Å². The molecule has 1 unspecified atom stereocenters. The Balaban J connectivity index is 1.98. The Hall–Kier alpha value is -0.120. The monoisotopic (exact) mass is 256 g/mol. The lowest BCUT2D eigenvalue weighted by Crippen LogP contribution is -2.27. The van der Waals surface area contributed by atoms with Gasteiger partial charge in [-0.1, -0.05) is 20.8 Å². The third-order valence-corrected chi connectivity index (χ3v) is 4.06. The molecule has 1 N–H and O–H groups in total. The van der Waals surface area contributed by atoms with Crippen LogP contribution in [0.3, 0.4) is 0 Å². The van der Waals surface area contributed by atoms with E-state index in [1.807, 2.05) is 0 Å². The standard InChI is InChI=1S/C15H32N2O/c1-15(2,3)14-7-11-17(13-14)10-6-5-8-16-9-12-18-4/h14,16H,5-13H2,1-4H3. The molecule has 1 heterocycles. The summed E-state index contributed by atoms with van der Waals surface area (Å²) in [6, 6.07) is 0. The van der Waals surface area contributed by atoms with Gasteiger partial charge in [-0.05, 0) is 50.2 Å². The number of methoxy groups -OCH3 is 1. The Morgan fingerprint density at radius 1 is 1.22 bits per heavy atom. The predicted octanol–water partition coefficient (Wildman–Crippen LogP) is 2.37. The predicted molar refractivity (Wildman–Crippen MR) is 78.0 cm³/mol. The summed E-state index contributed by atoms with van der Waals surface area (Å²) in [4.78, 5) is 2.64. The van der Waals surface area contributed by atoms with Crippen LogP contribution < -0.4 is 5.32 Å². The summed E-state index contributed by atoms with van der Waals surface area (Å²) in [6.07, 6.45) is 3.98. The lowest BCUT2D eigenvalue weighted by atomic mass is 9.80. The van der Waals surface area contributed by atoms with Gasteiger partial charge in [-0.15, -0.1) is 0 Å². The third-order valence-electron chi connectivity index (χ3n) is 4.06. The molecule has 1 aliphatic heterocycles. The topological polar surface area (TPSA) is 24.5 Å². The number of hydrogen-bond donors (Lipinski definition) is 1. The molecule has 0 spiro atoms. The zero-order chi connectivity index (χ0) is 13.4. The van der Waals surface area contributed by atoms with Crippen LogP contribution in [-0.2, 0) is 4.74 Å². The molecule has 0 amide bonds. The second-order valence-electron chi connectivity index (χ2n) is 6.60. The van der Waals surface area contributed by atoms with Crippen LogP contribution >= 0.6 is 0 Å². The van der Waals surface area contributed by atoms with Gasteiger partial charge in [0, 0.05) is 20.2 Å². The van der Waals surface area contributed by atoms with Crippen LogP contribution in [0.25, 0.3) is 0 Å². The molecule has 0 bridgehead atoms. The van der Waals surface area contributed by atoms with Gasteiger partial charge >= 0.3 is 0 Å². The largest absolute Gasteiger partial charge is 0.383 e. The normalized spacial score (nSPS) is 21.7. The van der Waals surface area contributed by atoms with E-state index in [4.69, 9.17) is 4.74 Å². The third kappa shape index (κ3) is 6.17.